The average molecular weight is 502 g/mol. The van der Waals surface area contributed by atoms with Gasteiger partial charge in [-0.2, -0.15) is 0 Å². The third kappa shape index (κ3) is 5.81. The molecule has 1 N–H and O–H groups in total. The summed E-state index contributed by atoms with van der Waals surface area (Å²) in [4.78, 5) is 29.4. The Kier molecular flexibility index (Phi) is 7.29. The van der Waals surface area contributed by atoms with E-state index in [0.29, 0.717) is 34.4 Å². The Morgan fingerprint density at radius 2 is 1.65 bits per heavy atom. The molecule has 190 valence electrons. The lowest BCUT2D eigenvalue weighted by Crippen LogP contribution is -2.38. The first-order valence-electron chi connectivity index (χ1n) is 11.6. The van der Waals surface area contributed by atoms with E-state index in [2.05, 4.69) is 4.98 Å². The smallest absolute Gasteiger partial charge is 0.347 e. The van der Waals surface area contributed by atoms with E-state index in [1.165, 1.54) is 27.0 Å². The third-order valence-electron chi connectivity index (χ3n) is 5.72. The Hall–Kier alpha value is -4.59. The van der Waals surface area contributed by atoms with E-state index < -0.39 is 11.6 Å². The van der Waals surface area contributed by atoms with E-state index in [1.807, 2.05) is 37.3 Å². The fraction of sp³-hybridized carbons (Fsp3) is 0.207. The molecule has 0 aliphatic rings. The van der Waals surface area contributed by atoms with Gasteiger partial charge in [-0.25, -0.2) is 9.78 Å². The molecule has 37 heavy (non-hydrogen) atoms. The van der Waals surface area contributed by atoms with Crippen molar-refractivity contribution in [1.82, 2.24) is 4.98 Å². The van der Waals surface area contributed by atoms with Gasteiger partial charge < -0.3 is 23.7 Å². The number of benzene rings is 3. The molecule has 1 heterocycles. The van der Waals surface area contributed by atoms with Gasteiger partial charge in [-0.3, -0.25) is 4.79 Å². The molecule has 8 nitrogen and oxygen atoms in total. The summed E-state index contributed by atoms with van der Waals surface area (Å²) >= 11 is 0. The van der Waals surface area contributed by atoms with Crippen molar-refractivity contribution in [3.63, 3.8) is 0 Å². The number of rotatable bonds is 10. The van der Waals surface area contributed by atoms with E-state index in [-0.39, 0.29) is 23.7 Å². The van der Waals surface area contributed by atoms with E-state index >= 15 is 0 Å². The van der Waals surface area contributed by atoms with Crippen LogP contribution in [0.25, 0.3) is 11.5 Å². The molecule has 0 fully saturated rings. The molecule has 0 bridgehead atoms. The van der Waals surface area contributed by atoms with Crippen molar-refractivity contribution in [3.8, 4) is 28.7 Å². The molecule has 8 heteroatoms. The maximum absolute atomic E-state index is 13.3. The van der Waals surface area contributed by atoms with Crippen LogP contribution in [-0.4, -0.2) is 34.6 Å². The van der Waals surface area contributed by atoms with E-state index in [4.69, 9.17) is 18.6 Å². The minimum Gasteiger partial charge on any atom is -0.497 e. The molecule has 0 saturated heterocycles. The normalized spacial score (nSPS) is 11.1. The number of ketones is 1. The zero-order chi connectivity index (χ0) is 26.6. The highest BCUT2D eigenvalue weighted by atomic mass is 16.5. The molecule has 0 saturated carbocycles. The summed E-state index contributed by atoms with van der Waals surface area (Å²) in [6.07, 6.45) is 0. The highest BCUT2D eigenvalue weighted by Crippen LogP contribution is 2.31. The number of ether oxygens (including phenoxy) is 3. The van der Waals surface area contributed by atoms with E-state index in [1.54, 1.807) is 36.4 Å². The molecule has 4 aromatic rings. The molecule has 1 aromatic heterocycles. The number of aryl methyl sites for hydroxylation is 1. The first-order chi connectivity index (χ1) is 17.7. The van der Waals surface area contributed by atoms with Crippen molar-refractivity contribution >= 4 is 11.8 Å². The largest absolute Gasteiger partial charge is 0.497 e. The number of carboxylic acid groups (broad SMARTS) is 1. The SMILES string of the molecule is COc1ccc(C(=O)c2ccc(OCc3nc(-c4ccccc4)oc3C)cc2)c(OC(C)(C)C(=O)O)c1. The van der Waals surface area contributed by atoms with Gasteiger partial charge in [0.05, 0.1) is 12.7 Å². The Morgan fingerprint density at radius 1 is 0.973 bits per heavy atom. The second-order valence-corrected chi connectivity index (χ2v) is 8.81. The number of oxazole rings is 1. The van der Waals surface area contributed by atoms with Crippen molar-refractivity contribution in [3.05, 3.63) is 95.4 Å². The van der Waals surface area contributed by atoms with Gasteiger partial charge in [0.2, 0.25) is 5.89 Å². The Morgan fingerprint density at radius 3 is 2.30 bits per heavy atom. The number of nitrogens with zero attached hydrogens (tertiary/aromatic N) is 1. The van der Waals surface area contributed by atoms with Gasteiger partial charge in [-0.15, -0.1) is 0 Å². The number of aliphatic carboxylic acids is 1. The van der Waals surface area contributed by atoms with Crippen molar-refractivity contribution in [2.45, 2.75) is 33.0 Å². The summed E-state index contributed by atoms with van der Waals surface area (Å²) in [7, 11) is 1.48. The van der Waals surface area contributed by atoms with Crippen LogP contribution in [0, 0.1) is 6.92 Å². The monoisotopic (exact) mass is 501 g/mol. The molecule has 0 unspecified atom stereocenters. The summed E-state index contributed by atoms with van der Waals surface area (Å²) < 4.78 is 22.6. The lowest BCUT2D eigenvalue weighted by atomic mass is 10.0. The molecule has 0 radical (unpaired) electrons. The van der Waals surface area contributed by atoms with Gasteiger partial charge in [0.15, 0.2) is 11.4 Å². The zero-order valence-corrected chi connectivity index (χ0v) is 21.0. The molecule has 4 rings (SSSR count). The third-order valence-corrected chi connectivity index (χ3v) is 5.72. The minimum absolute atomic E-state index is 0.118. The molecule has 3 aromatic carbocycles. The maximum Gasteiger partial charge on any atom is 0.347 e. The predicted octanol–water partition coefficient (Wildman–Crippen LogP) is 5.71. The molecule has 0 atom stereocenters. The van der Waals surface area contributed by atoms with Gasteiger partial charge in [-0.05, 0) is 69.3 Å². The number of methoxy groups -OCH3 is 1. The fourth-order valence-electron chi connectivity index (χ4n) is 3.50. The maximum atomic E-state index is 13.3. The molecular weight excluding hydrogens is 474 g/mol. The second-order valence-electron chi connectivity index (χ2n) is 8.81. The summed E-state index contributed by atoms with van der Waals surface area (Å²) in [5.41, 5.74) is 0.627. The average Bonchev–Trinajstić information content (AvgIpc) is 3.28. The number of aromatic nitrogens is 1. The first kappa shape index (κ1) is 25.5. The minimum atomic E-state index is -1.54. The highest BCUT2D eigenvalue weighted by Gasteiger charge is 2.31. The second kappa shape index (κ2) is 10.6. The fourth-order valence-corrected chi connectivity index (χ4v) is 3.50. The van der Waals surface area contributed by atoms with Crippen molar-refractivity contribution < 1.29 is 33.3 Å². The van der Waals surface area contributed by atoms with Crippen LogP contribution < -0.4 is 14.2 Å². The van der Waals surface area contributed by atoms with Crippen molar-refractivity contribution in [2.75, 3.05) is 7.11 Å². The number of carbonyl (C=O) groups is 2. The topological polar surface area (TPSA) is 108 Å². The standard InChI is InChI=1S/C29H27NO7/c1-18-24(30-27(36-18)20-8-6-5-7-9-20)17-35-21-12-10-19(11-13-21)26(31)23-15-14-22(34-4)16-25(23)37-29(2,3)28(32)33/h5-16H,17H2,1-4H3,(H,32,33). The molecule has 0 spiro atoms. The lowest BCUT2D eigenvalue weighted by molar-refractivity contribution is -0.152. The quantitative estimate of drug-likeness (QED) is 0.275. The molecule has 0 amide bonds. The zero-order valence-electron chi connectivity index (χ0n) is 21.0. The Balaban J connectivity index is 1.49. The lowest BCUT2D eigenvalue weighted by Gasteiger charge is -2.23. The summed E-state index contributed by atoms with van der Waals surface area (Å²) in [6, 6.07) is 20.9. The van der Waals surface area contributed by atoms with Crippen molar-refractivity contribution in [2.24, 2.45) is 0 Å². The Labute approximate surface area is 214 Å². The number of hydrogen-bond acceptors (Lipinski definition) is 7. The summed E-state index contributed by atoms with van der Waals surface area (Å²) in [5, 5.41) is 9.45. The van der Waals surface area contributed by atoms with Crippen LogP contribution in [0.3, 0.4) is 0 Å². The van der Waals surface area contributed by atoms with Crippen LogP contribution in [-0.2, 0) is 11.4 Å². The number of carbonyl (C=O) groups excluding carboxylic acids is 1. The van der Waals surface area contributed by atoms with Crippen LogP contribution in [0.4, 0.5) is 0 Å². The van der Waals surface area contributed by atoms with Gasteiger partial charge in [0, 0.05) is 17.2 Å². The number of carboxylic acids is 1. The first-order valence-corrected chi connectivity index (χ1v) is 11.6. The van der Waals surface area contributed by atoms with Crippen LogP contribution in [0.1, 0.15) is 41.2 Å². The van der Waals surface area contributed by atoms with E-state index in [9.17, 15) is 14.7 Å². The highest BCUT2D eigenvalue weighted by molar-refractivity contribution is 6.11. The molecular formula is C29H27NO7. The summed E-state index contributed by atoms with van der Waals surface area (Å²) in [5.74, 6) is 0.822. The van der Waals surface area contributed by atoms with Gasteiger partial charge >= 0.3 is 5.97 Å². The predicted molar refractivity (Wildman–Crippen MR) is 136 cm³/mol. The van der Waals surface area contributed by atoms with Gasteiger partial charge in [-0.1, -0.05) is 18.2 Å². The van der Waals surface area contributed by atoms with Crippen molar-refractivity contribution in [1.29, 1.82) is 0 Å². The van der Waals surface area contributed by atoms with Gasteiger partial charge in [0.1, 0.15) is 35.3 Å². The van der Waals surface area contributed by atoms with Crippen LogP contribution >= 0.6 is 0 Å². The summed E-state index contributed by atoms with van der Waals surface area (Å²) in [6.45, 7) is 4.86. The Bertz CT molecular complexity index is 1410. The van der Waals surface area contributed by atoms with Crippen LogP contribution in [0.5, 0.6) is 17.2 Å². The number of hydrogen-bond donors (Lipinski definition) is 1. The van der Waals surface area contributed by atoms with Gasteiger partial charge in [0.25, 0.3) is 0 Å². The van der Waals surface area contributed by atoms with Crippen LogP contribution in [0.15, 0.2) is 77.2 Å². The molecule has 0 aliphatic heterocycles. The molecule has 0 aliphatic carbocycles. The van der Waals surface area contributed by atoms with Crippen LogP contribution in [0.2, 0.25) is 0 Å². The van der Waals surface area contributed by atoms with E-state index in [0.717, 1.165) is 5.56 Å².